The first-order chi connectivity index (χ1) is 15.5. The molecule has 0 aromatic heterocycles. The third-order valence-electron chi connectivity index (χ3n) is 6.26. The van der Waals surface area contributed by atoms with Gasteiger partial charge in [0.05, 0.1) is 13.2 Å². The highest BCUT2D eigenvalue weighted by Crippen LogP contribution is 2.46. The molecule has 1 aliphatic carbocycles. The second kappa shape index (κ2) is 9.41. The van der Waals surface area contributed by atoms with Gasteiger partial charge in [0.1, 0.15) is 17.8 Å². The van der Waals surface area contributed by atoms with Crippen molar-refractivity contribution in [3.8, 4) is 5.75 Å². The average Bonchev–Trinajstić information content (AvgIpc) is 2.93. The van der Waals surface area contributed by atoms with Crippen LogP contribution in [0.4, 0.5) is 4.79 Å². The minimum Gasteiger partial charge on any atom is -0.496 e. The summed E-state index contributed by atoms with van der Waals surface area (Å²) >= 11 is 0. The number of hydrogen-bond donors (Lipinski definition) is 2. The summed E-state index contributed by atoms with van der Waals surface area (Å²) in [6.07, 6.45) is 2.02. The monoisotopic (exact) mass is 459 g/mol. The van der Waals surface area contributed by atoms with E-state index in [0.717, 1.165) is 16.9 Å². The molecule has 0 unspecified atom stereocenters. The second-order valence-corrected chi connectivity index (χ2v) is 9.95. The fraction of sp³-hybridized carbons (Fsp3) is 0.583. The molecule has 1 saturated heterocycles. The number of rotatable bonds is 7. The lowest BCUT2D eigenvalue weighted by molar-refractivity contribution is -0.151. The van der Waals surface area contributed by atoms with Crippen LogP contribution in [-0.2, 0) is 19.1 Å². The summed E-state index contributed by atoms with van der Waals surface area (Å²) in [5, 5.41) is 5.56. The molecule has 1 heterocycles. The van der Waals surface area contributed by atoms with Crippen LogP contribution in [0.15, 0.2) is 24.3 Å². The molecular weight excluding hydrogens is 426 g/mol. The number of para-hydroxylation sites is 1. The fourth-order valence-corrected chi connectivity index (χ4v) is 5.36. The van der Waals surface area contributed by atoms with Gasteiger partial charge in [0.25, 0.3) is 11.8 Å². The van der Waals surface area contributed by atoms with Crippen molar-refractivity contribution in [2.24, 2.45) is 11.3 Å². The van der Waals surface area contributed by atoms with Gasteiger partial charge in [0, 0.05) is 5.56 Å². The minimum absolute atomic E-state index is 0.104. The van der Waals surface area contributed by atoms with Crippen LogP contribution >= 0.6 is 0 Å². The van der Waals surface area contributed by atoms with Crippen molar-refractivity contribution in [1.29, 1.82) is 0 Å². The normalized spacial score (nSPS) is 24.9. The fourth-order valence-electron chi connectivity index (χ4n) is 5.36. The third-order valence-corrected chi connectivity index (χ3v) is 6.26. The second-order valence-electron chi connectivity index (χ2n) is 9.95. The number of nitrogens with one attached hydrogen (secondary N) is 2. The highest BCUT2D eigenvalue weighted by molar-refractivity contribution is 6.08. The number of carbonyl (C=O) groups is 4. The molecule has 2 fully saturated rings. The Hall–Kier alpha value is -3.10. The van der Waals surface area contributed by atoms with Crippen LogP contribution in [0.25, 0.3) is 0 Å². The Balaban J connectivity index is 1.54. The van der Waals surface area contributed by atoms with Gasteiger partial charge in [0.15, 0.2) is 6.61 Å². The number of imide groups is 1. The predicted molar refractivity (Wildman–Crippen MR) is 120 cm³/mol. The summed E-state index contributed by atoms with van der Waals surface area (Å²) in [6, 6.07) is 6.31. The number of benzene rings is 1. The van der Waals surface area contributed by atoms with Crippen LogP contribution in [0.2, 0.25) is 0 Å². The van der Waals surface area contributed by atoms with Crippen LogP contribution in [0.5, 0.6) is 5.75 Å². The quantitative estimate of drug-likeness (QED) is 0.479. The summed E-state index contributed by atoms with van der Waals surface area (Å²) in [7, 11) is 1.55. The largest absolute Gasteiger partial charge is 0.496 e. The number of nitrogens with zero attached hydrogens (tertiary/aromatic N) is 1. The molecule has 3 atom stereocenters. The van der Waals surface area contributed by atoms with E-state index in [4.69, 9.17) is 9.47 Å². The van der Waals surface area contributed by atoms with E-state index >= 15 is 0 Å². The van der Waals surface area contributed by atoms with Gasteiger partial charge in [-0.15, -0.1) is 0 Å². The zero-order valence-corrected chi connectivity index (χ0v) is 19.9. The molecule has 1 saturated carbocycles. The van der Waals surface area contributed by atoms with Crippen molar-refractivity contribution < 1.29 is 28.7 Å². The van der Waals surface area contributed by atoms with Gasteiger partial charge >= 0.3 is 12.0 Å². The molecule has 1 spiro atoms. The maximum absolute atomic E-state index is 13.1. The maximum Gasteiger partial charge on any atom is 0.326 e. The molecule has 0 radical (unpaired) electrons. The van der Waals surface area contributed by atoms with Crippen molar-refractivity contribution in [3.05, 3.63) is 29.8 Å². The van der Waals surface area contributed by atoms with Crippen LogP contribution in [-0.4, -0.2) is 54.5 Å². The topological polar surface area (TPSA) is 114 Å². The molecule has 9 nitrogen and oxygen atoms in total. The van der Waals surface area contributed by atoms with Gasteiger partial charge in [0.2, 0.25) is 0 Å². The van der Waals surface area contributed by atoms with Gasteiger partial charge in [-0.05, 0) is 43.6 Å². The van der Waals surface area contributed by atoms with Crippen molar-refractivity contribution in [1.82, 2.24) is 15.5 Å². The molecule has 180 valence electrons. The van der Waals surface area contributed by atoms with Gasteiger partial charge in [-0.25, -0.2) is 4.79 Å². The Kier molecular flexibility index (Phi) is 7.00. The zero-order valence-electron chi connectivity index (χ0n) is 19.9. The molecule has 1 aliphatic heterocycles. The first kappa shape index (κ1) is 24.5. The first-order valence-corrected chi connectivity index (χ1v) is 11.2. The summed E-state index contributed by atoms with van der Waals surface area (Å²) in [5.74, 6) is -0.829. The van der Waals surface area contributed by atoms with Crippen molar-refractivity contribution in [3.63, 3.8) is 0 Å². The van der Waals surface area contributed by atoms with Crippen molar-refractivity contribution >= 4 is 23.8 Å². The Morgan fingerprint density at radius 2 is 1.94 bits per heavy atom. The molecule has 1 aromatic carbocycles. The van der Waals surface area contributed by atoms with Gasteiger partial charge < -0.3 is 20.1 Å². The molecule has 4 amide bonds. The molecule has 3 rings (SSSR count). The van der Waals surface area contributed by atoms with Gasteiger partial charge in [-0.1, -0.05) is 39.0 Å². The Morgan fingerprint density at radius 3 is 2.61 bits per heavy atom. The number of carbonyl (C=O) groups excluding carboxylic acids is 4. The smallest absolute Gasteiger partial charge is 0.326 e. The standard InChI is InChI=1S/C24H33N3O6/c1-15-10-23(3,4)14-24(11-15)21(30)27(22(31)26-24)12-20(29)33-13-19(28)25-16(2)17-8-6-7-9-18(17)32-5/h6-9,15-16H,10-14H2,1-5H3,(H,25,28)(H,26,31)/t15-,16-,24+/m0/s1. The van der Waals surface area contributed by atoms with Gasteiger partial charge in [-0.2, -0.15) is 0 Å². The SMILES string of the molecule is COc1ccccc1[C@H](C)NC(=O)COC(=O)CN1C(=O)N[C@@]2(C[C@@H](C)CC(C)(C)C2)C1=O. The van der Waals surface area contributed by atoms with E-state index < -0.39 is 42.5 Å². The molecule has 2 N–H and O–H groups in total. The lowest BCUT2D eigenvalue weighted by atomic mass is 9.64. The number of ether oxygens (including phenoxy) is 2. The highest BCUT2D eigenvalue weighted by Gasteiger charge is 2.56. The Labute approximate surface area is 194 Å². The van der Waals surface area contributed by atoms with Crippen molar-refractivity contribution in [2.75, 3.05) is 20.3 Å². The van der Waals surface area contributed by atoms with E-state index in [1.165, 1.54) is 0 Å². The molecule has 0 bridgehead atoms. The molecular formula is C24H33N3O6. The van der Waals surface area contributed by atoms with Crippen LogP contribution in [0.3, 0.4) is 0 Å². The van der Waals surface area contributed by atoms with Gasteiger partial charge in [-0.3, -0.25) is 19.3 Å². The number of methoxy groups -OCH3 is 1. The number of amides is 4. The lowest BCUT2D eigenvalue weighted by Crippen LogP contribution is -2.54. The van der Waals surface area contributed by atoms with Crippen LogP contribution in [0.1, 0.15) is 58.6 Å². The van der Waals surface area contributed by atoms with E-state index in [1.807, 2.05) is 18.2 Å². The first-order valence-electron chi connectivity index (χ1n) is 11.2. The molecule has 33 heavy (non-hydrogen) atoms. The summed E-state index contributed by atoms with van der Waals surface area (Å²) in [6.45, 7) is 6.95. The lowest BCUT2D eigenvalue weighted by Gasteiger charge is -2.43. The van der Waals surface area contributed by atoms with E-state index in [2.05, 4.69) is 31.4 Å². The van der Waals surface area contributed by atoms with Crippen molar-refractivity contribution in [2.45, 2.75) is 58.5 Å². The predicted octanol–water partition coefficient (Wildman–Crippen LogP) is 2.55. The van der Waals surface area contributed by atoms with E-state index in [9.17, 15) is 19.2 Å². The summed E-state index contributed by atoms with van der Waals surface area (Å²) in [4.78, 5) is 51.1. The summed E-state index contributed by atoms with van der Waals surface area (Å²) < 4.78 is 10.3. The minimum atomic E-state index is -0.986. The van der Waals surface area contributed by atoms with E-state index in [1.54, 1.807) is 20.1 Å². The number of hydrogen-bond acceptors (Lipinski definition) is 6. The van der Waals surface area contributed by atoms with E-state index in [0.29, 0.717) is 18.6 Å². The number of esters is 1. The molecule has 9 heteroatoms. The maximum atomic E-state index is 13.1. The van der Waals surface area contributed by atoms with Crippen LogP contribution < -0.4 is 15.4 Å². The number of urea groups is 1. The molecule has 1 aromatic rings. The Morgan fingerprint density at radius 1 is 1.24 bits per heavy atom. The summed E-state index contributed by atoms with van der Waals surface area (Å²) in [5.41, 5.74) is -0.304. The zero-order chi connectivity index (χ0) is 24.4. The molecule has 2 aliphatic rings. The van der Waals surface area contributed by atoms with Crippen LogP contribution in [0, 0.1) is 11.3 Å². The average molecular weight is 460 g/mol. The highest BCUT2D eigenvalue weighted by atomic mass is 16.5. The Bertz CT molecular complexity index is 946. The third kappa shape index (κ3) is 5.46. The van der Waals surface area contributed by atoms with E-state index in [-0.39, 0.29) is 17.4 Å².